The lowest BCUT2D eigenvalue weighted by Crippen LogP contribution is -2.22. The lowest BCUT2D eigenvalue weighted by molar-refractivity contribution is 0.462. The molecule has 0 heterocycles. The Morgan fingerprint density at radius 2 is 1.94 bits per heavy atom. The number of anilines is 1. The van der Waals surface area contributed by atoms with Gasteiger partial charge in [0.2, 0.25) is 0 Å². The number of hydrogen-bond acceptors (Lipinski definition) is 1. The van der Waals surface area contributed by atoms with Gasteiger partial charge in [-0.25, -0.2) is 4.39 Å². The summed E-state index contributed by atoms with van der Waals surface area (Å²) in [5, 5.41) is 3.53. The van der Waals surface area contributed by atoms with Crippen LogP contribution in [0.1, 0.15) is 37.7 Å². The SMILES string of the molecule is Fc1ccc(NC2CCCCC2)c(C=C(Br)Br)c1. The maximum atomic E-state index is 13.3. The molecule has 98 valence electrons. The van der Waals surface area contributed by atoms with Gasteiger partial charge in [-0.2, -0.15) is 0 Å². The Morgan fingerprint density at radius 1 is 1.22 bits per heavy atom. The second-order valence-corrected chi connectivity index (χ2v) is 7.42. The Kier molecular flexibility index (Phi) is 5.25. The van der Waals surface area contributed by atoms with Crippen molar-refractivity contribution in [1.82, 2.24) is 0 Å². The minimum absolute atomic E-state index is 0.211. The van der Waals surface area contributed by atoms with Crippen LogP contribution in [-0.4, -0.2) is 6.04 Å². The summed E-state index contributed by atoms with van der Waals surface area (Å²) in [5.74, 6) is -0.211. The molecule has 1 aromatic carbocycles. The Labute approximate surface area is 124 Å². The van der Waals surface area contributed by atoms with Crippen LogP contribution in [-0.2, 0) is 0 Å². The zero-order valence-corrected chi connectivity index (χ0v) is 13.2. The average molecular weight is 377 g/mol. The first-order chi connectivity index (χ1) is 8.65. The van der Waals surface area contributed by atoms with Crippen LogP contribution in [0.3, 0.4) is 0 Å². The predicted octanol–water partition coefficient (Wildman–Crippen LogP) is 5.66. The molecule has 0 unspecified atom stereocenters. The first-order valence-corrected chi connectivity index (χ1v) is 7.82. The van der Waals surface area contributed by atoms with E-state index in [4.69, 9.17) is 0 Å². The van der Waals surface area contributed by atoms with Crippen LogP contribution in [0, 0.1) is 5.82 Å². The molecule has 1 fully saturated rings. The fourth-order valence-electron chi connectivity index (χ4n) is 2.37. The summed E-state index contributed by atoms with van der Waals surface area (Å²) < 4.78 is 14.1. The Balaban J connectivity index is 2.17. The van der Waals surface area contributed by atoms with E-state index in [0.29, 0.717) is 6.04 Å². The standard InChI is InChI=1S/C14H16Br2FN/c15-14(16)9-10-8-11(17)6-7-13(10)18-12-4-2-1-3-5-12/h6-9,12,18H,1-5H2. The van der Waals surface area contributed by atoms with Gasteiger partial charge < -0.3 is 5.32 Å². The van der Waals surface area contributed by atoms with Crippen molar-refractivity contribution >= 4 is 43.6 Å². The highest BCUT2D eigenvalue weighted by atomic mass is 79.9. The van der Waals surface area contributed by atoms with Crippen LogP contribution >= 0.6 is 31.9 Å². The van der Waals surface area contributed by atoms with E-state index in [1.165, 1.54) is 38.2 Å². The van der Waals surface area contributed by atoms with Crippen molar-refractivity contribution in [1.29, 1.82) is 0 Å². The van der Waals surface area contributed by atoms with E-state index in [1.807, 2.05) is 12.1 Å². The topological polar surface area (TPSA) is 12.0 Å². The Bertz CT molecular complexity index is 435. The molecule has 0 radical (unpaired) electrons. The second kappa shape index (κ2) is 6.71. The first-order valence-electron chi connectivity index (χ1n) is 6.24. The summed E-state index contributed by atoms with van der Waals surface area (Å²) in [4.78, 5) is 0. The van der Waals surface area contributed by atoms with Gasteiger partial charge in [-0.15, -0.1) is 0 Å². The van der Waals surface area contributed by atoms with Gasteiger partial charge >= 0.3 is 0 Å². The zero-order valence-electron chi connectivity index (χ0n) is 10.1. The van der Waals surface area contributed by atoms with E-state index in [1.54, 1.807) is 6.07 Å². The van der Waals surface area contributed by atoms with E-state index >= 15 is 0 Å². The highest BCUT2D eigenvalue weighted by molar-refractivity contribution is 9.28. The fraction of sp³-hybridized carbons (Fsp3) is 0.429. The number of hydrogen-bond donors (Lipinski definition) is 1. The van der Waals surface area contributed by atoms with Gasteiger partial charge in [0.15, 0.2) is 0 Å². The molecule has 18 heavy (non-hydrogen) atoms. The summed E-state index contributed by atoms with van der Waals surface area (Å²) in [6.45, 7) is 0. The molecule has 0 spiro atoms. The van der Waals surface area contributed by atoms with Gasteiger partial charge in [-0.1, -0.05) is 19.3 Å². The van der Waals surface area contributed by atoms with Crippen molar-refractivity contribution in [2.75, 3.05) is 5.32 Å². The molecule has 0 amide bonds. The molecule has 1 nitrogen and oxygen atoms in total. The van der Waals surface area contributed by atoms with Crippen molar-refractivity contribution in [3.05, 3.63) is 33.0 Å². The highest BCUT2D eigenvalue weighted by Gasteiger charge is 2.14. The molecule has 1 aromatic rings. The van der Waals surface area contributed by atoms with Gasteiger partial charge in [-0.3, -0.25) is 0 Å². The van der Waals surface area contributed by atoms with E-state index in [2.05, 4.69) is 37.2 Å². The minimum Gasteiger partial charge on any atom is -0.382 e. The highest BCUT2D eigenvalue weighted by Crippen LogP contribution is 2.27. The summed E-state index contributed by atoms with van der Waals surface area (Å²) in [6, 6.07) is 5.39. The molecule has 4 heteroatoms. The summed E-state index contributed by atoms with van der Waals surface area (Å²) in [5.41, 5.74) is 1.86. The summed E-state index contributed by atoms with van der Waals surface area (Å²) >= 11 is 6.65. The van der Waals surface area contributed by atoms with E-state index in [9.17, 15) is 4.39 Å². The van der Waals surface area contributed by atoms with Crippen LogP contribution in [0.2, 0.25) is 0 Å². The monoisotopic (exact) mass is 375 g/mol. The largest absolute Gasteiger partial charge is 0.382 e. The molecule has 0 aromatic heterocycles. The normalized spacial score (nSPS) is 16.4. The number of rotatable bonds is 3. The minimum atomic E-state index is -0.211. The number of halogens is 3. The summed E-state index contributed by atoms with van der Waals surface area (Å²) in [6.07, 6.45) is 8.18. The van der Waals surface area contributed by atoms with E-state index in [-0.39, 0.29) is 5.82 Å². The molecule has 2 rings (SSSR count). The third kappa shape index (κ3) is 4.09. The van der Waals surface area contributed by atoms with Gasteiger partial charge in [0.05, 0.1) is 3.39 Å². The quantitative estimate of drug-likeness (QED) is 0.717. The zero-order chi connectivity index (χ0) is 13.0. The molecule has 0 bridgehead atoms. The van der Waals surface area contributed by atoms with Gasteiger partial charge in [0.1, 0.15) is 5.82 Å². The fourth-order valence-corrected chi connectivity index (χ4v) is 2.86. The van der Waals surface area contributed by atoms with Gasteiger partial charge in [0.25, 0.3) is 0 Å². The Morgan fingerprint density at radius 3 is 2.61 bits per heavy atom. The molecule has 1 aliphatic rings. The van der Waals surface area contributed by atoms with E-state index < -0.39 is 0 Å². The number of nitrogens with one attached hydrogen (secondary N) is 1. The molecular formula is C14H16Br2FN. The smallest absolute Gasteiger partial charge is 0.123 e. The maximum absolute atomic E-state index is 13.3. The molecule has 1 aliphatic carbocycles. The van der Waals surface area contributed by atoms with Crippen molar-refractivity contribution in [2.45, 2.75) is 38.1 Å². The molecule has 0 aliphatic heterocycles. The van der Waals surface area contributed by atoms with Gasteiger partial charge in [-0.05, 0) is 69.0 Å². The van der Waals surface area contributed by atoms with Gasteiger partial charge in [0, 0.05) is 17.3 Å². The number of benzene rings is 1. The van der Waals surface area contributed by atoms with Crippen LogP contribution in [0.5, 0.6) is 0 Å². The van der Waals surface area contributed by atoms with Crippen molar-refractivity contribution in [2.24, 2.45) is 0 Å². The average Bonchev–Trinajstić information content (AvgIpc) is 2.33. The van der Waals surface area contributed by atoms with Crippen molar-refractivity contribution in [3.8, 4) is 0 Å². The molecule has 1 N–H and O–H groups in total. The Hall–Kier alpha value is -0.350. The first kappa shape index (κ1) is 14.1. The van der Waals surface area contributed by atoms with Crippen molar-refractivity contribution in [3.63, 3.8) is 0 Å². The van der Waals surface area contributed by atoms with Crippen molar-refractivity contribution < 1.29 is 4.39 Å². The molecular weight excluding hydrogens is 361 g/mol. The van der Waals surface area contributed by atoms with Crippen LogP contribution in [0.15, 0.2) is 21.6 Å². The van der Waals surface area contributed by atoms with Crippen LogP contribution < -0.4 is 5.32 Å². The molecule has 0 saturated heterocycles. The lowest BCUT2D eigenvalue weighted by atomic mass is 9.95. The van der Waals surface area contributed by atoms with Crippen LogP contribution in [0.25, 0.3) is 6.08 Å². The summed E-state index contributed by atoms with van der Waals surface area (Å²) in [7, 11) is 0. The molecule has 1 saturated carbocycles. The van der Waals surface area contributed by atoms with E-state index in [0.717, 1.165) is 14.6 Å². The maximum Gasteiger partial charge on any atom is 0.123 e. The lowest BCUT2D eigenvalue weighted by Gasteiger charge is -2.24. The predicted molar refractivity (Wildman–Crippen MR) is 82.7 cm³/mol. The third-order valence-electron chi connectivity index (χ3n) is 3.24. The molecule has 0 atom stereocenters. The second-order valence-electron chi connectivity index (χ2n) is 4.64. The van der Waals surface area contributed by atoms with Crippen LogP contribution in [0.4, 0.5) is 10.1 Å². The third-order valence-corrected chi connectivity index (χ3v) is 3.70.